The number of aromatic nitrogens is 1. The van der Waals surface area contributed by atoms with Crippen molar-refractivity contribution in [3.05, 3.63) is 43.6 Å². The molecule has 1 aromatic carbocycles. The SMILES string of the molecule is Cc1[nH]c2cc(Cl)ccc2c(=O)c1Br. The van der Waals surface area contributed by atoms with Crippen molar-refractivity contribution in [2.24, 2.45) is 0 Å². The summed E-state index contributed by atoms with van der Waals surface area (Å²) in [5, 5.41) is 1.27. The summed E-state index contributed by atoms with van der Waals surface area (Å²) in [4.78, 5) is 14.9. The Balaban J connectivity index is 2.98. The normalized spacial score (nSPS) is 10.8. The van der Waals surface area contributed by atoms with Gasteiger partial charge in [0.2, 0.25) is 5.43 Å². The van der Waals surface area contributed by atoms with Crippen LogP contribution in [0.5, 0.6) is 0 Å². The maximum absolute atomic E-state index is 11.8. The van der Waals surface area contributed by atoms with E-state index in [1.807, 2.05) is 6.92 Å². The zero-order valence-corrected chi connectivity index (χ0v) is 9.74. The highest BCUT2D eigenvalue weighted by atomic mass is 79.9. The molecule has 0 aliphatic carbocycles. The molecule has 2 nitrogen and oxygen atoms in total. The van der Waals surface area contributed by atoms with Crippen molar-refractivity contribution in [3.63, 3.8) is 0 Å². The fraction of sp³-hybridized carbons (Fsp3) is 0.100. The molecule has 2 aromatic rings. The van der Waals surface area contributed by atoms with Crippen LogP contribution in [0, 0.1) is 6.92 Å². The van der Waals surface area contributed by atoms with Gasteiger partial charge in [0.05, 0.1) is 9.99 Å². The molecule has 1 N–H and O–H groups in total. The molecule has 72 valence electrons. The molecule has 1 heterocycles. The van der Waals surface area contributed by atoms with Crippen LogP contribution in [-0.4, -0.2) is 4.98 Å². The van der Waals surface area contributed by atoms with Crippen LogP contribution in [0.1, 0.15) is 5.69 Å². The summed E-state index contributed by atoms with van der Waals surface area (Å²) in [5.41, 5.74) is 1.57. The van der Waals surface area contributed by atoms with Gasteiger partial charge < -0.3 is 4.98 Å². The van der Waals surface area contributed by atoms with Crippen LogP contribution in [0.4, 0.5) is 0 Å². The van der Waals surface area contributed by atoms with Gasteiger partial charge in [0.1, 0.15) is 0 Å². The van der Waals surface area contributed by atoms with E-state index in [-0.39, 0.29) is 5.43 Å². The van der Waals surface area contributed by atoms with Crippen molar-refractivity contribution < 1.29 is 0 Å². The van der Waals surface area contributed by atoms with Crippen molar-refractivity contribution >= 4 is 38.4 Å². The summed E-state index contributed by atoms with van der Waals surface area (Å²) in [6, 6.07) is 5.18. The zero-order chi connectivity index (χ0) is 10.3. The number of hydrogen-bond donors (Lipinski definition) is 1. The molecule has 0 saturated carbocycles. The topological polar surface area (TPSA) is 32.9 Å². The summed E-state index contributed by atoms with van der Waals surface area (Å²) in [6.45, 7) is 1.84. The number of aryl methyl sites for hydroxylation is 1. The number of nitrogens with one attached hydrogen (secondary N) is 1. The second-order valence-electron chi connectivity index (χ2n) is 3.08. The molecule has 0 bridgehead atoms. The molecule has 0 spiro atoms. The first-order valence-corrected chi connectivity index (χ1v) is 5.24. The highest BCUT2D eigenvalue weighted by Gasteiger charge is 2.06. The summed E-state index contributed by atoms with van der Waals surface area (Å²) in [5.74, 6) is 0. The lowest BCUT2D eigenvalue weighted by atomic mass is 10.2. The van der Waals surface area contributed by atoms with Gasteiger partial charge in [-0.2, -0.15) is 0 Å². The predicted octanol–water partition coefficient (Wildman–Crippen LogP) is 3.25. The minimum Gasteiger partial charge on any atom is -0.357 e. The van der Waals surface area contributed by atoms with Crippen molar-refractivity contribution in [2.75, 3.05) is 0 Å². The number of rotatable bonds is 0. The van der Waals surface area contributed by atoms with E-state index in [0.29, 0.717) is 14.9 Å². The molecule has 0 unspecified atom stereocenters. The largest absolute Gasteiger partial charge is 0.357 e. The molecule has 0 radical (unpaired) electrons. The third kappa shape index (κ3) is 1.47. The molecule has 4 heteroatoms. The number of benzene rings is 1. The number of hydrogen-bond acceptors (Lipinski definition) is 1. The van der Waals surface area contributed by atoms with E-state index in [1.165, 1.54) is 0 Å². The predicted molar refractivity (Wildman–Crippen MR) is 62.0 cm³/mol. The van der Waals surface area contributed by atoms with Crippen LogP contribution in [0.15, 0.2) is 27.5 Å². The Kier molecular flexibility index (Phi) is 2.37. The summed E-state index contributed by atoms with van der Waals surface area (Å²) in [6.07, 6.45) is 0. The maximum atomic E-state index is 11.8. The van der Waals surface area contributed by atoms with Crippen LogP contribution < -0.4 is 5.43 Å². The summed E-state index contributed by atoms with van der Waals surface area (Å²) >= 11 is 9.07. The van der Waals surface area contributed by atoms with Crippen LogP contribution >= 0.6 is 27.5 Å². The van der Waals surface area contributed by atoms with Crippen molar-refractivity contribution in [3.8, 4) is 0 Å². The van der Waals surface area contributed by atoms with E-state index < -0.39 is 0 Å². The van der Waals surface area contributed by atoms with Gasteiger partial charge in [-0.1, -0.05) is 11.6 Å². The molecule has 0 aliphatic rings. The molecule has 0 aliphatic heterocycles. The van der Waals surface area contributed by atoms with Gasteiger partial charge in [-0.15, -0.1) is 0 Å². The highest BCUT2D eigenvalue weighted by molar-refractivity contribution is 9.10. The number of H-pyrrole nitrogens is 1. The Hall–Kier alpha value is -0.800. The molecular weight excluding hydrogens is 265 g/mol. The van der Waals surface area contributed by atoms with E-state index in [2.05, 4.69) is 20.9 Å². The highest BCUT2D eigenvalue weighted by Crippen LogP contribution is 2.18. The number of pyridine rings is 1. The van der Waals surface area contributed by atoms with Gasteiger partial charge in [-0.25, -0.2) is 0 Å². The first kappa shape index (κ1) is 9.74. The van der Waals surface area contributed by atoms with E-state index in [1.54, 1.807) is 18.2 Å². The average Bonchev–Trinajstić information content (AvgIpc) is 2.14. The summed E-state index contributed by atoms with van der Waals surface area (Å²) < 4.78 is 0.576. The quantitative estimate of drug-likeness (QED) is 0.784. The van der Waals surface area contributed by atoms with Gasteiger partial charge in [-0.05, 0) is 41.1 Å². The average molecular weight is 273 g/mol. The maximum Gasteiger partial charge on any atom is 0.203 e. The Morgan fingerprint density at radius 3 is 2.86 bits per heavy atom. The fourth-order valence-corrected chi connectivity index (χ4v) is 1.85. The van der Waals surface area contributed by atoms with Gasteiger partial charge in [0.25, 0.3) is 0 Å². The standard InChI is InChI=1S/C10H7BrClNO/c1-5-9(11)10(14)7-3-2-6(12)4-8(7)13-5/h2-4H,1H3,(H,13,14). The molecular formula is C10H7BrClNO. The Bertz CT molecular complexity index is 562. The minimum absolute atomic E-state index is 0.00656. The number of fused-ring (bicyclic) bond motifs is 1. The molecule has 0 saturated heterocycles. The smallest absolute Gasteiger partial charge is 0.203 e. The molecule has 14 heavy (non-hydrogen) atoms. The molecule has 2 rings (SSSR count). The van der Waals surface area contributed by atoms with E-state index in [0.717, 1.165) is 11.2 Å². The molecule has 1 aromatic heterocycles. The monoisotopic (exact) mass is 271 g/mol. The lowest BCUT2D eigenvalue weighted by Crippen LogP contribution is -2.06. The van der Waals surface area contributed by atoms with Gasteiger partial charge >= 0.3 is 0 Å². The Morgan fingerprint density at radius 1 is 1.43 bits per heavy atom. The second-order valence-corrected chi connectivity index (χ2v) is 4.31. The van der Waals surface area contributed by atoms with Crippen molar-refractivity contribution in [1.29, 1.82) is 0 Å². The third-order valence-electron chi connectivity index (χ3n) is 2.08. The van der Waals surface area contributed by atoms with Crippen molar-refractivity contribution in [1.82, 2.24) is 4.98 Å². The van der Waals surface area contributed by atoms with Crippen LogP contribution in [0.3, 0.4) is 0 Å². The van der Waals surface area contributed by atoms with Crippen molar-refractivity contribution in [2.45, 2.75) is 6.92 Å². The minimum atomic E-state index is -0.00656. The first-order chi connectivity index (χ1) is 6.59. The molecule has 0 atom stereocenters. The third-order valence-corrected chi connectivity index (χ3v) is 3.27. The molecule has 0 fully saturated rings. The van der Waals surface area contributed by atoms with Gasteiger partial charge in [0, 0.05) is 16.1 Å². The zero-order valence-electron chi connectivity index (χ0n) is 7.40. The Morgan fingerprint density at radius 2 is 2.14 bits per heavy atom. The van der Waals surface area contributed by atoms with Gasteiger partial charge in [0.15, 0.2) is 0 Å². The van der Waals surface area contributed by atoms with E-state index in [4.69, 9.17) is 11.6 Å². The Labute approximate surface area is 94.0 Å². The van der Waals surface area contributed by atoms with E-state index in [9.17, 15) is 4.79 Å². The number of aromatic amines is 1. The lowest BCUT2D eigenvalue weighted by molar-refractivity contribution is 1.22. The lowest BCUT2D eigenvalue weighted by Gasteiger charge is -2.02. The van der Waals surface area contributed by atoms with Crippen LogP contribution in [0.2, 0.25) is 5.02 Å². The van der Waals surface area contributed by atoms with Crippen LogP contribution in [-0.2, 0) is 0 Å². The van der Waals surface area contributed by atoms with E-state index >= 15 is 0 Å². The number of halogens is 2. The van der Waals surface area contributed by atoms with Crippen LogP contribution in [0.25, 0.3) is 10.9 Å². The summed E-state index contributed by atoms with van der Waals surface area (Å²) in [7, 11) is 0. The fourth-order valence-electron chi connectivity index (χ4n) is 1.36. The second kappa shape index (κ2) is 3.41. The first-order valence-electron chi connectivity index (χ1n) is 4.07. The van der Waals surface area contributed by atoms with Gasteiger partial charge in [-0.3, -0.25) is 4.79 Å². The molecule has 0 amide bonds.